The minimum atomic E-state index is -1.12. The fourth-order valence-electron chi connectivity index (χ4n) is 2.12. The van der Waals surface area contributed by atoms with Crippen molar-refractivity contribution in [2.75, 3.05) is 6.54 Å². The number of amides is 1. The van der Waals surface area contributed by atoms with Gasteiger partial charge in [-0.05, 0) is 18.1 Å². The molecule has 1 amide bonds. The van der Waals surface area contributed by atoms with Crippen LogP contribution in [-0.4, -0.2) is 23.5 Å². The molecule has 0 atom stereocenters. The number of furan rings is 1. The van der Waals surface area contributed by atoms with Crippen LogP contribution < -0.4 is 5.32 Å². The van der Waals surface area contributed by atoms with Gasteiger partial charge in [-0.2, -0.15) is 0 Å². The van der Waals surface area contributed by atoms with Crippen LogP contribution in [-0.2, 0) is 12.8 Å². The van der Waals surface area contributed by atoms with Crippen molar-refractivity contribution in [2.45, 2.75) is 19.8 Å². The van der Waals surface area contributed by atoms with Crippen LogP contribution in [0.3, 0.4) is 0 Å². The molecule has 1 heterocycles. The van der Waals surface area contributed by atoms with Gasteiger partial charge in [-0.15, -0.1) is 0 Å². The van der Waals surface area contributed by atoms with Crippen molar-refractivity contribution in [1.29, 1.82) is 0 Å². The zero-order valence-corrected chi connectivity index (χ0v) is 13.9. The molecule has 0 saturated heterocycles. The number of carboxylic acids is 1. The number of carbonyl (C=O) groups is 2. The van der Waals surface area contributed by atoms with E-state index in [2.05, 4.69) is 5.32 Å². The molecule has 0 fully saturated rings. The van der Waals surface area contributed by atoms with Crippen molar-refractivity contribution >= 4 is 35.1 Å². The molecular formula is C16H15Cl2NO4. The van der Waals surface area contributed by atoms with Crippen LogP contribution in [0.15, 0.2) is 28.7 Å². The Balaban J connectivity index is 2.00. The second kappa shape index (κ2) is 7.53. The van der Waals surface area contributed by atoms with Gasteiger partial charge in [0.25, 0.3) is 5.91 Å². The van der Waals surface area contributed by atoms with Crippen LogP contribution >= 0.6 is 23.2 Å². The lowest BCUT2D eigenvalue weighted by Gasteiger charge is -2.06. The van der Waals surface area contributed by atoms with Crippen molar-refractivity contribution in [1.82, 2.24) is 5.32 Å². The quantitative estimate of drug-likeness (QED) is 0.825. The van der Waals surface area contributed by atoms with E-state index in [4.69, 9.17) is 32.7 Å². The molecule has 7 heteroatoms. The molecule has 122 valence electrons. The molecule has 0 aliphatic rings. The Morgan fingerprint density at radius 3 is 2.65 bits per heavy atom. The summed E-state index contributed by atoms with van der Waals surface area (Å²) in [5.74, 6) is -1.32. The molecule has 2 N–H and O–H groups in total. The molecule has 0 radical (unpaired) electrons. The minimum Gasteiger partial charge on any atom is -0.478 e. The molecule has 0 spiro atoms. The maximum atomic E-state index is 12.0. The number of hydrogen-bond donors (Lipinski definition) is 2. The normalized spacial score (nSPS) is 10.6. The summed E-state index contributed by atoms with van der Waals surface area (Å²) in [7, 11) is 0. The van der Waals surface area contributed by atoms with E-state index in [1.807, 2.05) is 6.07 Å². The summed E-state index contributed by atoms with van der Waals surface area (Å²) in [6, 6.07) is 6.53. The lowest BCUT2D eigenvalue weighted by atomic mass is 10.1. The van der Waals surface area contributed by atoms with Gasteiger partial charge in [-0.1, -0.05) is 42.3 Å². The fraction of sp³-hybridized carbons (Fsp3) is 0.250. The van der Waals surface area contributed by atoms with E-state index in [-0.39, 0.29) is 17.1 Å². The number of nitrogens with one attached hydrogen (secondary N) is 1. The van der Waals surface area contributed by atoms with Gasteiger partial charge in [0.15, 0.2) is 5.76 Å². The molecule has 0 unspecified atom stereocenters. The average molecular weight is 356 g/mol. The second-order valence-electron chi connectivity index (χ2n) is 4.83. The van der Waals surface area contributed by atoms with E-state index >= 15 is 0 Å². The highest BCUT2D eigenvalue weighted by Gasteiger charge is 2.19. The van der Waals surface area contributed by atoms with E-state index in [9.17, 15) is 9.59 Å². The van der Waals surface area contributed by atoms with E-state index in [0.717, 1.165) is 5.56 Å². The van der Waals surface area contributed by atoms with Crippen molar-refractivity contribution in [2.24, 2.45) is 0 Å². The van der Waals surface area contributed by atoms with Crippen LogP contribution in [0.25, 0.3) is 0 Å². The van der Waals surface area contributed by atoms with Gasteiger partial charge in [-0.3, -0.25) is 4.79 Å². The third-order valence-corrected chi connectivity index (χ3v) is 4.15. The van der Waals surface area contributed by atoms with Gasteiger partial charge in [0.05, 0.1) is 10.0 Å². The summed E-state index contributed by atoms with van der Waals surface area (Å²) in [6.45, 7) is 2.08. The highest BCUT2D eigenvalue weighted by atomic mass is 35.5. The first kappa shape index (κ1) is 17.4. The average Bonchev–Trinajstić information content (AvgIpc) is 2.96. The predicted octanol–water partition coefficient (Wildman–Crippen LogP) is 3.82. The molecule has 2 rings (SSSR count). The molecule has 1 aromatic carbocycles. The van der Waals surface area contributed by atoms with Crippen LogP contribution in [0, 0.1) is 0 Å². The number of benzene rings is 1. The number of hydrogen-bond acceptors (Lipinski definition) is 3. The van der Waals surface area contributed by atoms with Gasteiger partial charge < -0.3 is 14.8 Å². The summed E-state index contributed by atoms with van der Waals surface area (Å²) in [5.41, 5.74) is 0.829. The Kier molecular flexibility index (Phi) is 5.69. The Morgan fingerprint density at radius 2 is 2.04 bits per heavy atom. The summed E-state index contributed by atoms with van der Waals surface area (Å²) >= 11 is 12.0. The number of halogens is 2. The summed E-state index contributed by atoms with van der Waals surface area (Å²) in [5, 5.41) is 12.6. The first-order valence-electron chi connectivity index (χ1n) is 7.01. The van der Waals surface area contributed by atoms with E-state index in [1.165, 1.54) is 6.07 Å². The zero-order chi connectivity index (χ0) is 17.0. The Bertz CT molecular complexity index is 740. The first-order valence-corrected chi connectivity index (χ1v) is 7.76. The van der Waals surface area contributed by atoms with E-state index in [1.54, 1.807) is 19.1 Å². The van der Waals surface area contributed by atoms with Gasteiger partial charge in [-0.25, -0.2) is 4.79 Å². The maximum Gasteiger partial charge on any atom is 0.339 e. The topological polar surface area (TPSA) is 79.5 Å². The number of carbonyl (C=O) groups excluding carboxylic acids is 1. The monoisotopic (exact) mass is 355 g/mol. The van der Waals surface area contributed by atoms with Crippen molar-refractivity contribution < 1.29 is 19.1 Å². The second-order valence-corrected chi connectivity index (χ2v) is 5.61. The molecular weight excluding hydrogens is 341 g/mol. The molecule has 1 aromatic heterocycles. The number of aromatic carboxylic acids is 1. The van der Waals surface area contributed by atoms with Crippen molar-refractivity contribution in [3.05, 3.63) is 57.0 Å². The van der Waals surface area contributed by atoms with Crippen molar-refractivity contribution in [3.63, 3.8) is 0 Å². The molecule has 0 aliphatic carbocycles. The van der Waals surface area contributed by atoms with Gasteiger partial charge in [0, 0.05) is 19.0 Å². The molecule has 23 heavy (non-hydrogen) atoms. The summed E-state index contributed by atoms with van der Waals surface area (Å²) in [6.07, 6.45) is 0.894. The Morgan fingerprint density at radius 1 is 1.30 bits per heavy atom. The Hall–Kier alpha value is -1.98. The van der Waals surface area contributed by atoms with Crippen LogP contribution in [0.2, 0.25) is 10.0 Å². The van der Waals surface area contributed by atoms with E-state index in [0.29, 0.717) is 29.4 Å². The number of carboxylic acid groups (broad SMARTS) is 1. The number of rotatable bonds is 6. The highest BCUT2D eigenvalue weighted by Crippen LogP contribution is 2.25. The minimum absolute atomic E-state index is 0.00976. The lowest BCUT2D eigenvalue weighted by molar-refractivity contribution is 0.0694. The third kappa shape index (κ3) is 4.06. The molecule has 5 nitrogen and oxygen atoms in total. The molecule has 0 aliphatic heterocycles. The Labute approximate surface area is 143 Å². The third-order valence-electron chi connectivity index (χ3n) is 3.30. The SMILES string of the molecule is CCc1oc(C(=O)NCCc2cccc(Cl)c2Cl)cc1C(=O)O. The van der Waals surface area contributed by atoms with E-state index < -0.39 is 11.9 Å². The van der Waals surface area contributed by atoms with Gasteiger partial charge in [0.1, 0.15) is 11.3 Å². The zero-order valence-electron chi connectivity index (χ0n) is 12.4. The fourth-order valence-corrected chi connectivity index (χ4v) is 2.54. The van der Waals surface area contributed by atoms with Crippen molar-refractivity contribution in [3.8, 4) is 0 Å². The molecule has 0 saturated carbocycles. The first-order chi connectivity index (χ1) is 10.9. The summed E-state index contributed by atoms with van der Waals surface area (Å²) in [4.78, 5) is 23.1. The van der Waals surface area contributed by atoms with Crippen LogP contribution in [0.4, 0.5) is 0 Å². The number of aryl methyl sites for hydroxylation is 1. The largest absolute Gasteiger partial charge is 0.478 e. The standard InChI is InChI=1S/C16H15Cl2NO4/c1-2-12-10(16(21)22)8-13(23-12)15(20)19-7-6-9-4-3-5-11(17)14(9)18/h3-5,8H,2,6-7H2,1H3,(H,19,20)(H,21,22). The smallest absolute Gasteiger partial charge is 0.339 e. The molecule has 2 aromatic rings. The summed E-state index contributed by atoms with van der Waals surface area (Å²) < 4.78 is 5.29. The van der Waals surface area contributed by atoms with Crippen LogP contribution in [0.1, 0.15) is 39.2 Å². The predicted molar refractivity (Wildman–Crippen MR) is 87.5 cm³/mol. The maximum absolute atomic E-state index is 12.0. The van der Waals surface area contributed by atoms with Gasteiger partial charge in [0.2, 0.25) is 0 Å². The van der Waals surface area contributed by atoms with Gasteiger partial charge >= 0.3 is 5.97 Å². The lowest BCUT2D eigenvalue weighted by Crippen LogP contribution is -2.25. The highest BCUT2D eigenvalue weighted by molar-refractivity contribution is 6.42. The molecule has 0 bridgehead atoms. The van der Waals surface area contributed by atoms with Crippen LogP contribution in [0.5, 0.6) is 0 Å².